The van der Waals surface area contributed by atoms with E-state index in [1.165, 1.54) is 15.2 Å². The Bertz CT molecular complexity index is 1510. The van der Waals surface area contributed by atoms with Crippen LogP contribution in [0.1, 0.15) is 29.4 Å². The van der Waals surface area contributed by atoms with Crippen molar-refractivity contribution in [3.8, 4) is 11.1 Å². The quantitative estimate of drug-likeness (QED) is 0.311. The van der Waals surface area contributed by atoms with E-state index in [9.17, 15) is 18.4 Å². The Morgan fingerprint density at radius 2 is 1.66 bits per heavy atom. The maximum Gasteiger partial charge on any atom is 0.331 e. The van der Waals surface area contributed by atoms with Gasteiger partial charge in [-0.2, -0.15) is 0 Å². The van der Waals surface area contributed by atoms with Crippen molar-refractivity contribution < 1.29 is 8.78 Å². The number of hydrogen-bond acceptors (Lipinski definition) is 4. The van der Waals surface area contributed by atoms with Crippen LogP contribution in [0.3, 0.4) is 0 Å². The minimum Gasteiger partial charge on any atom is -0.304 e. The molecule has 0 spiro atoms. The zero-order valence-electron chi connectivity index (χ0n) is 22.0. The SMILES string of the molecule is CCc1cccc(-c2c(C)n(Cc3c(F)cccc3F)c(=O)n(CCN(C)CCc3ccccn3)c2=O)c1. The summed E-state index contributed by atoms with van der Waals surface area (Å²) in [6.07, 6.45) is 3.26. The van der Waals surface area contributed by atoms with E-state index in [0.29, 0.717) is 29.9 Å². The van der Waals surface area contributed by atoms with Gasteiger partial charge in [0.25, 0.3) is 5.56 Å². The van der Waals surface area contributed by atoms with Crippen molar-refractivity contribution in [3.63, 3.8) is 0 Å². The van der Waals surface area contributed by atoms with Gasteiger partial charge in [-0.1, -0.05) is 43.3 Å². The summed E-state index contributed by atoms with van der Waals surface area (Å²) in [6, 6.07) is 17.0. The Balaban J connectivity index is 1.73. The molecule has 0 N–H and O–H groups in total. The monoisotopic (exact) mass is 518 g/mol. The molecule has 0 radical (unpaired) electrons. The molecule has 0 saturated heterocycles. The lowest BCUT2D eigenvalue weighted by Crippen LogP contribution is -2.44. The van der Waals surface area contributed by atoms with Gasteiger partial charge in [-0.25, -0.2) is 13.6 Å². The van der Waals surface area contributed by atoms with Crippen molar-refractivity contribution >= 4 is 0 Å². The van der Waals surface area contributed by atoms with E-state index >= 15 is 0 Å². The average molecular weight is 519 g/mol. The van der Waals surface area contributed by atoms with Crippen LogP contribution in [-0.4, -0.2) is 39.2 Å². The molecule has 0 unspecified atom stereocenters. The molecule has 198 valence electrons. The number of aryl methyl sites for hydroxylation is 1. The molecule has 0 aliphatic carbocycles. The molecule has 38 heavy (non-hydrogen) atoms. The van der Waals surface area contributed by atoms with Crippen LogP contribution < -0.4 is 11.2 Å². The van der Waals surface area contributed by atoms with Gasteiger partial charge in [-0.3, -0.25) is 18.9 Å². The first-order valence-electron chi connectivity index (χ1n) is 12.7. The number of aromatic nitrogens is 3. The predicted octanol–water partition coefficient (Wildman–Crippen LogP) is 4.44. The van der Waals surface area contributed by atoms with Crippen molar-refractivity contribution in [3.05, 3.63) is 122 Å². The first-order valence-corrected chi connectivity index (χ1v) is 12.7. The second-order valence-electron chi connectivity index (χ2n) is 9.41. The predicted molar refractivity (Wildman–Crippen MR) is 145 cm³/mol. The number of pyridine rings is 1. The van der Waals surface area contributed by atoms with Crippen LogP contribution in [0.15, 0.2) is 76.4 Å². The van der Waals surface area contributed by atoms with Crippen LogP contribution in [0, 0.1) is 18.6 Å². The highest BCUT2D eigenvalue weighted by Crippen LogP contribution is 2.22. The Kier molecular flexibility index (Phi) is 8.63. The van der Waals surface area contributed by atoms with Crippen molar-refractivity contribution in [2.75, 3.05) is 20.1 Å². The molecule has 6 nitrogen and oxygen atoms in total. The molecular formula is C30H32F2N4O2. The van der Waals surface area contributed by atoms with Gasteiger partial charge in [-0.15, -0.1) is 0 Å². The fraction of sp³-hybridized carbons (Fsp3) is 0.300. The Labute approximate surface area is 220 Å². The third-order valence-electron chi connectivity index (χ3n) is 6.87. The standard InChI is InChI=1S/C30H32F2N4O2/c1-4-22-9-7-10-23(19-22)28-21(2)36(20-25-26(31)12-8-13-27(25)32)30(38)35(29(28)37)18-17-34(3)16-14-24-11-5-6-15-33-24/h5-13,15,19H,4,14,16-18,20H2,1-3H3. The molecule has 0 amide bonds. The summed E-state index contributed by atoms with van der Waals surface area (Å²) >= 11 is 0. The normalized spacial score (nSPS) is 11.3. The van der Waals surface area contributed by atoms with E-state index in [-0.39, 0.29) is 18.7 Å². The van der Waals surface area contributed by atoms with Gasteiger partial charge in [0.05, 0.1) is 12.1 Å². The number of halogens is 2. The largest absolute Gasteiger partial charge is 0.331 e. The van der Waals surface area contributed by atoms with Gasteiger partial charge in [0.15, 0.2) is 0 Å². The molecule has 2 aromatic heterocycles. The van der Waals surface area contributed by atoms with Crippen molar-refractivity contribution in [2.24, 2.45) is 0 Å². The maximum atomic E-state index is 14.5. The summed E-state index contributed by atoms with van der Waals surface area (Å²) in [5, 5.41) is 0. The first-order chi connectivity index (χ1) is 18.3. The molecule has 0 bridgehead atoms. The number of rotatable bonds is 10. The van der Waals surface area contributed by atoms with Crippen molar-refractivity contribution in [2.45, 2.75) is 39.8 Å². The Hall–Kier alpha value is -3.91. The van der Waals surface area contributed by atoms with Gasteiger partial charge < -0.3 is 4.90 Å². The molecule has 2 aromatic carbocycles. The van der Waals surface area contributed by atoms with Crippen LogP contribution in [0.25, 0.3) is 11.1 Å². The fourth-order valence-corrected chi connectivity index (χ4v) is 4.54. The summed E-state index contributed by atoms with van der Waals surface area (Å²) in [7, 11) is 1.92. The number of likely N-dealkylation sites (N-methyl/N-ethyl adjacent to an activating group) is 1. The Morgan fingerprint density at radius 1 is 0.921 bits per heavy atom. The van der Waals surface area contributed by atoms with E-state index < -0.39 is 22.9 Å². The van der Waals surface area contributed by atoms with Gasteiger partial charge in [0.2, 0.25) is 0 Å². The minimum atomic E-state index is -0.738. The second kappa shape index (κ2) is 12.1. The molecule has 2 heterocycles. The van der Waals surface area contributed by atoms with Crippen molar-refractivity contribution in [1.29, 1.82) is 0 Å². The summed E-state index contributed by atoms with van der Waals surface area (Å²) < 4.78 is 31.6. The smallest absolute Gasteiger partial charge is 0.304 e. The zero-order chi connectivity index (χ0) is 27.2. The van der Waals surface area contributed by atoms with E-state index in [0.717, 1.165) is 36.2 Å². The van der Waals surface area contributed by atoms with Gasteiger partial charge >= 0.3 is 5.69 Å². The van der Waals surface area contributed by atoms with Gasteiger partial charge in [0, 0.05) is 49.2 Å². The van der Waals surface area contributed by atoms with Crippen LogP contribution in [0.2, 0.25) is 0 Å². The molecule has 0 aliphatic heterocycles. The Morgan fingerprint density at radius 3 is 2.34 bits per heavy atom. The fourth-order valence-electron chi connectivity index (χ4n) is 4.54. The second-order valence-corrected chi connectivity index (χ2v) is 9.41. The zero-order valence-corrected chi connectivity index (χ0v) is 22.0. The molecule has 8 heteroatoms. The van der Waals surface area contributed by atoms with E-state index in [2.05, 4.69) is 4.98 Å². The van der Waals surface area contributed by atoms with E-state index in [1.54, 1.807) is 13.1 Å². The highest BCUT2D eigenvalue weighted by Gasteiger charge is 2.20. The number of hydrogen-bond donors (Lipinski definition) is 0. The molecule has 0 aliphatic rings. The number of benzene rings is 2. The van der Waals surface area contributed by atoms with Crippen LogP contribution in [0.4, 0.5) is 8.78 Å². The molecule has 4 aromatic rings. The summed E-state index contributed by atoms with van der Waals surface area (Å²) in [6.45, 7) is 4.62. The van der Waals surface area contributed by atoms with Crippen LogP contribution >= 0.6 is 0 Å². The minimum absolute atomic E-state index is 0.136. The molecule has 0 saturated carbocycles. The third kappa shape index (κ3) is 5.97. The van der Waals surface area contributed by atoms with Crippen LogP contribution in [0.5, 0.6) is 0 Å². The van der Waals surface area contributed by atoms with E-state index in [1.807, 2.05) is 61.3 Å². The lowest BCUT2D eigenvalue weighted by molar-refractivity contribution is 0.315. The first kappa shape index (κ1) is 27.1. The highest BCUT2D eigenvalue weighted by atomic mass is 19.1. The summed E-state index contributed by atoms with van der Waals surface area (Å²) in [5.41, 5.74) is 2.17. The van der Waals surface area contributed by atoms with Crippen LogP contribution in [-0.2, 0) is 25.9 Å². The third-order valence-corrected chi connectivity index (χ3v) is 6.87. The maximum absolute atomic E-state index is 14.5. The summed E-state index contributed by atoms with van der Waals surface area (Å²) in [4.78, 5) is 33.7. The van der Waals surface area contributed by atoms with E-state index in [4.69, 9.17) is 0 Å². The molecule has 0 atom stereocenters. The lowest BCUT2D eigenvalue weighted by atomic mass is 10.0. The molecule has 4 rings (SSSR count). The lowest BCUT2D eigenvalue weighted by Gasteiger charge is -2.20. The van der Waals surface area contributed by atoms with Gasteiger partial charge in [0.1, 0.15) is 11.6 Å². The topological polar surface area (TPSA) is 60.1 Å². The highest BCUT2D eigenvalue weighted by molar-refractivity contribution is 5.65. The number of nitrogens with zero attached hydrogens (tertiary/aromatic N) is 4. The summed E-state index contributed by atoms with van der Waals surface area (Å²) in [5.74, 6) is -1.48. The molecular weight excluding hydrogens is 486 g/mol. The van der Waals surface area contributed by atoms with Crippen molar-refractivity contribution in [1.82, 2.24) is 19.0 Å². The van der Waals surface area contributed by atoms with Gasteiger partial charge in [-0.05, 0) is 55.8 Å². The molecule has 0 fully saturated rings. The average Bonchev–Trinajstić information content (AvgIpc) is 2.92.